The van der Waals surface area contributed by atoms with Crippen molar-refractivity contribution in [3.63, 3.8) is 0 Å². The van der Waals surface area contributed by atoms with Crippen molar-refractivity contribution in [1.29, 1.82) is 0 Å². The number of hydrogen-bond acceptors (Lipinski definition) is 4. The van der Waals surface area contributed by atoms with Gasteiger partial charge >= 0.3 is 0 Å². The van der Waals surface area contributed by atoms with Gasteiger partial charge in [-0.05, 0) is 43.0 Å². The van der Waals surface area contributed by atoms with Gasteiger partial charge in [0.2, 0.25) is 5.91 Å². The van der Waals surface area contributed by atoms with E-state index < -0.39 is 0 Å². The largest absolute Gasteiger partial charge is 0.508 e. The molecule has 0 saturated carbocycles. The van der Waals surface area contributed by atoms with Crippen LogP contribution in [0.25, 0.3) is 0 Å². The molecular formula is C15H17NO2S2. The van der Waals surface area contributed by atoms with Crippen LogP contribution in [0.5, 0.6) is 5.75 Å². The standard InChI is InChI=1S/C15H17NO2S2/c1-11(20-14-5-2-4-12(17)10-14)15(18)16-8-7-13-6-3-9-19-13/h2-6,9-11,17H,7-8H2,1H3,(H,16,18). The predicted molar refractivity (Wildman–Crippen MR) is 84.5 cm³/mol. The number of hydrogen-bond donors (Lipinski definition) is 2. The highest BCUT2D eigenvalue weighted by atomic mass is 32.2. The van der Waals surface area contributed by atoms with Crippen LogP contribution in [0.2, 0.25) is 0 Å². The van der Waals surface area contributed by atoms with Crippen LogP contribution in [-0.4, -0.2) is 22.8 Å². The van der Waals surface area contributed by atoms with Gasteiger partial charge in [-0.25, -0.2) is 0 Å². The van der Waals surface area contributed by atoms with E-state index in [1.165, 1.54) is 16.6 Å². The van der Waals surface area contributed by atoms with Gasteiger partial charge in [-0.15, -0.1) is 23.1 Å². The first-order valence-electron chi connectivity index (χ1n) is 6.41. The van der Waals surface area contributed by atoms with E-state index in [1.807, 2.05) is 24.4 Å². The predicted octanol–water partition coefficient (Wildman–Crippen LogP) is 3.29. The number of aromatic hydroxyl groups is 1. The summed E-state index contributed by atoms with van der Waals surface area (Å²) in [5.41, 5.74) is 0. The van der Waals surface area contributed by atoms with Crippen LogP contribution >= 0.6 is 23.1 Å². The van der Waals surface area contributed by atoms with Gasteiger partial charge in [-0.3, -0.25) is 4.79 Å². The number of rotatable bonds is 6. The number of amides is 1. The molecule has 0 aliphatic heterocycles. The lowest BCUT2D eigenvalue weighted by Crippen LogP contribution is -2.32. The van der Waals surface area contributed by atoms with E-state index in [0.29, 0.717) is 6.54 Å². The molecule has 0 aliphatic carbocycles. The molecule has 1 atom stereocenters. The molecule has 106 valence electrons. The molecule has 0 aliphatic rings. The molecule has 5 heteroatoms. The Hall–Kier alpha value is -1.46. The highest BCUT2D eigenvalue weighted by molar-refractivity contribution is 8.00. The molecule has 3 nitrogen and oxygen atoms in total. The lowest BCUT2D eigenvalue weighted by molar-refractivity contribution is -0.120. The van der Waals surface area contributed by atoms with Crippen LogP contribution in [0.1, 0.15) is 11.8 Å². The minimum atomic E-state index is -0.180. The molecule has 0 bridgehead atoms. The van der Waals surface area contributed by atoms with Crippen molar-refractivity contribution in [1.82, 2.24) is 5.32 Å². The second kappa shape index (κ2) is 7.36. The summed E-state index contributed by atoms with van der Waals surface area (Å²) in [4.78, 5) is 14.1. The fourth-order valence-electron chi connectivity index (χ4n) is 1.72. The molecular weight excluding hydrogens is 290 g/mol. The van der Waals surface area contributed by atoms with Gasteiger partial charge < -0.3 is 10.4 Å². The normalized spacial score (nSPS) is 12.1. The Morgan fingerprint density at radius 2 is 2.25 bits per heavy atom. The van der Waals surface area contributed by atoms with Gasteiger partial charge in [0, 0.05) is 16.3 Å². The van der Waals surface area contributed by atoms with Gasteiger partial charge in [0.1, 0.15) is 5.75 Å². The van der Waals surface area contributed by atoms with Crippen LogP contribution in [0, 0.1) is 0 Å². The summed E-state index contributed by atoms with van der Waals surface area (Å²) in [7, 11) is 0. The quantitative estimate of drug-likeness (QED) is 0.805. The molecule has 1 aromatic heterocycles. The Kier molecular flexibility index (Phi) is 5.49. The first-order valence-corrected chi connectivity index (χ1v) is 8.17. The van der Waals surface area contributed by atoms with Crippen LogP contribution < -0.4 is 5.32 Å². The summed E-state index contributed by atoms with van der Waals surface area (Å²) in [5.74, 6) is 0.246. The zero-order chi connectivity index (χ0) is 14.4. The molecule has 2 N–H and O–H groups in total. The highest BCUT2D eigenvalue weighted by Gasteiger charge is 2.14. The van der Waals surface area contributed by atoms with E-state index in [1.54, 1.807) is 29.5 Å². The number of carbonyl (C=O) groups excluding carboxylic acids is 1. The molecule has 0 radical (unpaired) electrons. The monoisotopic (exact) mass is 307 g/mol. The average molecular weight is 307 g/mol. The zero-order valence-corrected chi connectivity index (χ0v) is 12.8. The first kappa shape index (κ1) is 14.9. The lowest BCUT2D eigenvalue weighted by atomic mass is 10.3. The summed E-state index contributed by atoms with van der Waals surface area (Å²) in [6.45, 7) is 2.53. The van der Waals surface area contributed by atoms with Crippen LogP contribution in [-0.2, 0) is 11.2 Å². The molecule has 20 heavy (non-hydrogen) atoms. The number of phenols is 1. The number of phenolic OH excluding ortho intramolecular Hbond substituents is 1. The maximum Gasteiger partial charge on any atom is 0.233 e. The number of benzene rings is 1. The van der Waals surface area contributed by atoms with Gasteiger partial charge in [0.05, 0.1) is 5.25 Å². The van der Waals surface area contributed by atoms with Gasteiger partial charge in [-0.1, -0.05) is 12.1 Å². The molecule has 2 rings (SSSR count). The molecule has 1 aromatic carbocycles. The lowest BCUT2D eigenvalue weighted by Gasteiger charge is -2.11. The van der Waals surface area contributed by atoms with Crippen molar-refractivity contribution in [2.45, 2.75) is 23.5 Å². The second-order valence-electron chi connectivity index (χ2n) is 4.38. The smallest absolute Gasteiger partial charge is 0.233 e. The van der Waals surface area contributed by atoms with Gasteiger partial charge in [0.15, 0.2) is 0 Å². The van der Waals surface area contributed by atoms with Crippen molar-refractivity contribution >= 4 is 29.0 Å². The highest BCUT2D eigenvalue weighted by Crippen LogP contribution is 2.26. The molecule has 0 fully saturated rings. The van der Waals surface area contributed by atoms with E-state index in [0.717, 1.165) is 11.3 Å². The third kappa shape index (κ3) is 4.58. The molecule has 1 amide bonds. The summed E-state index contributed by atoms with van der Waals surface area (Å²) < 4.78 is 0. The SMILES string of the molecule is CC(Sc1cccc(O)c1)C(=O)NCCc1cccs1. The third-order valence-corrected chi connectivity index (χ3v) is 4.78. The van der Waals surface area contributed by atoms with E-state index in [4.69, 9.17) is 0 Å². The average Bonchev–Trinajstić information content (AvgIpc) is 2.91. The third-order valence-electron chi connectivity index (χ3n) is 2.75. The molecule has 0 saturated heterocycles. The first-order chi connectivity index (χ1) is 9.65. The van der Waals surface area contributed by atoms with Crippen molar-refractivity contribution < 1.29 is 9.90 Å². The Morgan fingerprint density at radius 1 is 1.40 bits per heavy atom. The second-order valence-corrected chi connectivity index (χ2v) is 6.82. The maximum absolute atomic E-state index is 12.0. The minimum absolute atomic E-state index is 0.0231. The van der Waals surface area contributed by atoms with Crippen molar-refractivity contribution in [3.8, 4) is 5.75 Å². The van der Waals surface area contributed by atoms with E-state index in [9.17, 15) is 9.90 Å². The van der Waals surface area contributed by atoms with E-state index >= 15 is 0 Å². The van der Waals surface area contributed by atoms with Crippen molar-refractivity contribution in [2.75, 3.05) is 6.54 Å². The van der Waals surface area contributed by atoms with Crippen LogP contribution in [0.3, 0.4) is 0 Å². The maximum atomic E-state index is 12.0. The minimum Gasteiger partial charge on any atom is -0.508 e. The Labute approximate surface area is 127 Å². The number of thiophene rings is 1. The fourth-order valence-corrected chi connectivity index (χ4v) is 3.38. The number of carbonyl (C=O) groups is 1. The van der Waals surface area contributed by atoms with E-state index in [2.05, 4.69) is 11.4 Å². The van der Waals surface area contributed by atoms with Gasteiger partial charge in [0.25, 0.3) is 0 Å². The van der Waals surface area contributed by atoms with Crippen molar-refractivity contribution in [2.24, 2.45) is 0 Å². The summed E-state index contributed by atoms with van der Waals surface area (Å²) in [5, 5.41) is 14.2. The van der Waals surface area contributed by atoms with Crippen LogP contribution in [0.15, 0.2) is 46.7 Å². The summed E-state index contributed by atoms with van der Waals surface area (Å²) in [6.07, 6.45) is 0.868. The molecule has 1 unspecified atom stereocenters. The fraction of sp³-hybridized carbons (Fsp3) is 0.267. The van der Waals surface area contributed by atoms with Crippen LogP contribution in [0.4, 0.5) is 0 Å². The Bertz CT molecular complexity index is 555. The molecule has 2 aromatic rings. The molecule has 0 spiro atoms. The summed E-state index contributed by atoms with van der Waals surface area (Å²) >= 11 is 3.15. The topological polar surface area (TPSA) is 49.3 Å². The zero-order valence-electron chi connectivity index (χ0n) is 11.2. The summed E-state index contributed by atoms with van der Waals surface area (Å²) in [6, 6.07) is 11.0. The van der Waals surface area contributed by atoms with E-state index in [-0.39, 0.29) is 16.9 Å². The number of thioether (sulfide) groups is 1. The molecule has 1 heterocycles. The Morgan fingerprint density at radius 3 is 2.95 bits per heavy atom. The Balaban J connectivity index is 1.77. The van der Waals surface area contributed by atoms with Crippen molar-refractivity contribution in [3.05, 3.63) is 46.7 Å². The number of nitrogens with one attached hydrogen (secondary N) is 1. The van der Waals surface area contributed by atoms with Gasteiger partial charge in [-0.2, -0.15) is 0 Å².